The van der Waals surface area contributed by atoms with Gasteiger partial charge in [0.05, 0.1) is 6.54 Å². The molecule has 0 aliphatic heterocycles. The molecular formula is C26H23FN2O. The van der Waals surface area contributed by atoms with Crippen LogP contribution in [-0.2, 0) is 13.1 Å². The van der Waals surface area contributed by atoms with E-state index in [4.69, 9.17) is 0 Å². The van der Waals surface area contributed by atoms with E-state index >= 15 is 0 Å². The predicted octanol–water partition coefficient (Wildman–Crippen LogP) is 5.66. The molecule has 0 aliphatic rings. The summed E-state index contributed by atoms with van der Waals surface area (Å²) in [6, 6.07) is 24.3. The topological polar surface area (TPSA) is 25.2 Å². The van der Waals surface area contributed by atoms with E-state index in [1.165, 1.54) is 12.1 Å². The van der Waals surface area contributed by atoms with Gasteiger partial charge < -0.3 is 9.47 Å². The summed E-state index contributed by atoms with van der Waals surface area (Å²) in [5.41, 5.74) is 2.67. The second kappa shape index (κ2) is 8.78. The molecule has 4 aromatic rings. The van der Waals surface area contributed by atoms with E-state index in [9.17, 15) is 9.18 Å². The van der Waals surface area contributed by atoms with E-state index in [1.54, 1.807) is 23.1 Å². The van der Waals surface area contributed by atoms with Crippen molar-refractivity contribution in [1.82, 2.24) is 9.47 Å². The van der Waals surface area contributed by atoms with E-state index in [-0.39, 0.29) is 11.7 Å². The lowest BCUT2D eigenvalue weighted by Crippen LogP contribution is -2.31. The Labute approximate surface area is 175 Å². The molecule has 30 heavy (non-hydrogen) atoms. The summed E-state index contributed by atoms with van der Waals surface area (Å²) in [7, 11) is 0. The van der Waals surface area contributed by atoms with Crippen molar-refractivity contribution in [1.29, 1.82) is 0 Å². The van der Waals surface area contributed by atoms with Crippen LogP contribution in [0.3, 0.4) is 0 Å². The highest BCUT2D eigenvalue weighted by Gasteiger charge is 2.17. The number of fused-ring (bicyclic) bond motifs is 1. The summed E-state index contributed by atoms with van der Waals surface area (Å²) < 4.78 is 15.3. The van der Waals surface area contributed by atoms with Gasteiger partial charge in [-0.3, -0.25) is 4.79 Å². The van der Waals surface area contributed by atoms with Crippen molar-refractivity contribution in [2.75, 3.05) is 6.54 Å². The number of rotatable bonds is 7. The van der Waals surface area contributed by atoms with Gasteiger partial charge in [-0.1, -0.05) is 48.5 Å². The second-order valence-corrected chi connectivity index (χ2v) is 7.29. The number of carbonyl (C=O) groups excluding carboxylic acids is 1. The first-order valence-electron chi connectivity index (χ1n) is 9.91. The lowest BCUT2D eigenvalue weighted by atomic mass is 10.1. The summed E-state index contributed by atoms with van der Waals surface area (Å²) in [6.07, 6.45) is 3.72. The van der Waals surface area contributed by atoms with Crippen LogP contribution >= 0.6 is 0 Å². The van der Waals surface area contributed by atoms with Crippen LogP contribution in [-0.4, -0.2) is 21.9 Å². The highest BCUT2D eigenvalue weighted by molar-refractivity contribution is 5.98. The molecule has 1 amide bonds. The molecule has 0 aliphatic carbocycles. The molecule has 0 saturated heterocycles. The first-order valence-corrected chi connectivity index (χ1v) is 9.91. The number of halogens is 1. The van der Waals surface area contributed by atoms with Crippen LogP contribution in [0, 0.1) is 5.82 Å². The molecule has 4 rings (SSSR count). The van der Waals surface area contributed by atoms with Gasteiger partial charge in [-0.25, -0.2) is 4.39 Å². The molecule has 0 bridgehead atoms. The van der Waals surface area contributed by atoms with E-state index in [0.29, 0.717) is 25.2 Å². The van der Waals surface area contributed by atoms with Crippen molar-refractivity contribution in [3.8, 4) is 0 Å². The van der Waals surface area contributed by atoms with E-state index < -0.39 is 0 Å². The molecule has 1 heterocycles. The first kappa shape index (κ1) is 19.6. The van der Waals surface area contributed by atoms with Crippen molar-refractivity contribution < 1.29 is 9.18 Å². The Morgan fingerprint density at radius 3 is 2.50 bits per heavy atom. The Hall–Kier alpha value is -3.66. The maximum absolute atomic E-state index is 13.2. The molecule has 4 heteroatoms. The number of hydrogen-bond donors (Lipinski definition) is 0. The molecule has 0 N–H and O–H groups in total. The van der Waals surface area contributed by atoms with Crippen LogP contribution in [0.5, 0.6) is 0 Å². The first-order chi connectivity index (χ1) is 14.6. The van der Waals surface area contributed by atoms with Crippen LogP contribution in [0.4, 0.5) is 4.39 Å². The average Bonchev–Trinajstić information content (AvgIpc) is 3.20. The molecule has 3 nitrogen and oxygen atoms in total. The van der Waals surface area contributed by atoms with E-state index in [0.717, 1.165) is 22.0 Å². The third-order valence-electron chi connectivity index (χ3n) is 5.18. The zero-order chi connectivity index (χ0) is 20.9. The maximum atomic E-state index is 13.2. The Morgan fingerprint density at radius 1 is 0.967 bits per heavy atom. The monoisotopic (exact) mass is 398 g/mol. The minimum absolute atomic E-state index is 0.0322. The van der Waals surface area contributed by atoms with Crippen LogP contribution in [0.15, 0.2) is 97.7 Å². The molecule has 0 saturated carbocycles. The van der Waals surface area contributed by atoms with Gasteiger partial charge in [0.25, 0.3) is 5.91 Å². The number of nitrogens with zero attached hydrogens (tertiary/aromatic N) is 2. The summed E-state index contributed by atoms with van der Waals surface area (Å²) >= 11 is 0. The van der Waals surface area contributed by atoms with Crippen LogP contribution in [0.1, 0.15) is 21.6 Å². The van der Waals surface area contributed by atoms with Crippen LogP contribution in [0.2, 0.25) is 0 Å². The summed E-state index contributed by atoms with van der Waals surface area (Å²) in [5.74, 6) is -0.278. The van der Waals surface area contributed by atoms with Gasteiger partial charge in [-0.2, -0.15) is 0 Å². The smallest absolute Gasteiger partial charge is 0.254 e. The highest BCUT2D eigenvalue weighted by atomic mass is 19.1. The Morgan fingerprint density at radius 2 is 1.73 bits per heavy atom. The third-order valence-corrected chi connectivity index (χ3v) is 5.18. The number of benzene rings is 3. The largest absolute Gasteiger partial charge is 0.345 e. The maximum Gasteiger partial charge on any atom is 0.254 e. The molecule has 0 atom stereocenters. The second-order valence-electron chi connectivity index (χ2n) is 7.29. The molecule has 0 unspecified atom stereocenters. The lowest BCUT2D eigenvalue weighted by molar-refractivity contribution is 0.0759. The van der Waals surface area contributed by atoms with Gasteiger partial charge in [-0.05, 0) is 52.7 Å². The highest BCUT2D eigenvalue weighted by Crippen LogP contribution is 2.19. The van der Waals surface area contributed by atoms with Gasteiger partial charge in [0.15, 0.2) is 0 Å². The lowest BCUT2D eigenvalue weighted by Gasteiger charge is -2.22. The molecule has 150 valence electrons. The third kappa shape index (κ3) is 4.33. The molecule has 0 radical (unpaired) electrons. The number of carbonyl (C=O) groups is 1. The normalized spacial score (nSPS) is 10.8. The zero-order valence-corrected chi connectivity index (χ0v) is 16.7. The minimum Gasteiger partial charge on any atom is -0.345 e. The van der Waals surface area contributed by atoms with Gasteiger partial charge in [0, 0.05) is 30.5 Å². The van der Waals surface area contributed by atoms with Gasteiger partial charge in [0.2, 0.25) is 0 Å². The summed E-state index contributed by atoms with van der Waals surface area (Å²) in [5, 5.41) is 2.15. The molecule has 3 aromatic carbocycles. The van der Waals surface area contributed by atoms with Crippen molar-refractivity contribution in [2.45, 2.75) is 13.1 Å². The number of aromatic nitrogens is 1. The Balaban J connectivity index is 1.56. The zero-order valence-electron chi connectivity index (χ0n) is 16.7. The van der Waals surface area contributed by atoms with Crippen LogP contribution < -0.4 is 0 Å². The van der Waals surface area contributed by atoms with E-state index in [1.807, 2.05) is 60.8 Å². The summed E-state index contributed by atoms with van der Waals surface area (Å²) in [4.78, 5) is 15.0. The van der Waals surface area contributed by atoms with Gasteiger partial charge >= 0.3 is 0 Å². The molecule has 1 aromatic heterocycles. The van der Waals surface area contributed by atoms with Gasteiger partial charge in [0.1, 0.15) is 5.82 Å². The van der Waals surface area contributed by atoms with Gasteiger partial charge in [-0.15, -0.1) is 6.58 Å². The van der Waals surface area contributed by atoms with Crippen molar-refractivity contribution >= 4 is 16.7 Å². The fourth-order valence-electron chi connectivity index (χ4n) is 3.61. The Bertz CT molecular complexity index is 1180. The standard InChI is InChI=1S/C26H23FN2O/c1-2-15-29(26(30)23-12-11-21-6-3-4-7-22(21)17-23)19-25-8-5-16-28(25)18-20-9-13-24(27)14-10-20/h2-14,16-17H,1,15,18-19H2. The van der Waals surface area contributed by atoms with E-state index in [2.05, 4.69) is 11.1 Å². The fourth-order valence-corrected chi connectivity index (χ4v) is 3.61. The predicted molar refractivity (Wildman–Crippen MR) is 119 cm³/mol. The molecule has 0 fully saturated rings. The minimum atomic E-state index is -0.246. The molecular weight excluding hydrogens is 375 g/mol. The van der Waals surface area contributed by atoms with Crippen LogP contribution in [0.25, 0.3) is 10.8 Å². The quantitative estimate of drug-likeness (QED) is 0.369. The Kier molecular flexibility index (Phi) is 5.75. The number of hydrogen-bond acceptors (Lipinski definition) is 1. The fraction of sp³-hybridized carbons (Fsp3) is 0.115. The van der Waals surface area contributed by atoms with Crippen molar-refractivity contribution in [2.24, 2.45) is 0 Å². The SMILES string of the molecule is C=CCN(Cc1cccn1Cc1ccc(F)cc1)C(=O)c1ccc2ccccc2c1. The number of amides is 1. The average molecular weight is 398 g/mol. The van der Waals surface area contributed by atoms with Crippen molar-refractivity contribution in [3.63, 3.8) is 0 Å². The molecule has 0 spiro atoms. The summed E-state index contributed by atoms with van der Waals surface area (Å²) in [6.45, 7) is 5.35. The van der Waals surface area contributed by atoms with Crippen molar-refractivity contribution in [3.05, 3.63) is 120 Å².